The van der Waals surface area contributed by atoms with Crippen molar-refractivity contribution in [1.29, 1.82) is 0 Å². The predicted molar refractivity (Wildman–Crippen MR) is 92.6 cm³/mol. The molecule has 2 amide bonds. The first kappa shape index (κ1) is 16.8. The molecule has 1 aliphatic heterocycles. The van der Waals surface area contributed by atoms with E-state index in [1.807, 2.05) is 24.3 Å². The van der Waals surface area contributed by atoms with E-state index in [2.05, 4.69) is 4.72 Å². The van der Waals surface area contributed by atoms with Crippen LogP contribution < -0.4 is 4.72 Å². The Bertz CT molecular complexity index is 823. The molecule has 3 rings (SSSR count). The molecule has 0 aliphatic carbocycles. The Balaban J connectivity index is 1.70. The van der Waals surface area contributed by atoms with Crippen LogP contribution in [0.4, 0.5) is 4.79 Å². The summed E-state index contributed by atoms with van der Waals surface area (Å²) in [4.78, 5) is 13.9. The molecular formula is C17H17ClN2O3S. The highest BCUT2D eigenvalue weighted by Crippen LogP contribution is 2.17. The quantitative estimate of drug-likeness (QED) is 0.891. The monoisotopic (exact) mass is 364 g/mol. The molecule has 0 bridgehead atoms. The highest BCUT2D eigenvalue weighted by atomic mass is 35.5. The third-order valence-corrected chi connectivity index (χ3v) is 5.64. The van der Waals surface area contributed by atoms with Crippen LogP contribution in [0.2, 0.25) is 5.02 Å². The predicted octanol–water partition coefficient (Wildman–Crippen LogP) is 2.84. The van der Waals surface area contributed by atoms with Gasteiger partial charge in [0.1, 0.15) is 0 Å². The molecule has 24 heavy (non-hydrogen) atoms. The summed E-state index contributed by atoms with van der Waals surface area (Å²) < 4.78 is 26.7. The molecular weight excluding hydrogens is 348 g/mol. The first-order valence-corrected chi connectivity index (χ1v) is 9.46. The number of benzene rings is 2. The number of halogens is 1. The molecule has 126 valence electrons. The Kier molecular flexibility index (Phi) is 4.78. The Morgan fingerprint density at radius 2 is 1.50 bits per heavy atom. The number of urea groups is 1. The lowest BCUT2D eigenvalue weighted by Gasteiger charge is -2.20. The van der Waals surface area contributed by atoms with Gasteiger partial charge in [-0.3, -0.25) is 0 Å². The first-order chi connectivity index (χ1) is 11.5. The van der Waals surface area contributed by atoms with Gasteiger partial charge in [0, 0.05) is 18.1 Å². The van der Waals surface area contributed by atoms with Gasteiger partial charge in [-0.05, 0) is 48.2 Å². The van der Waals surface area contributed by atoms with Crippen LogP contribution in [0.15, 0.2) is 53.4 Å². The van der Waals surface area contributed by atoms with Crippen molar-refractivity contribution in [2.45, 2.75) is 17.7 Å². The Morgan fingerprint density at radius 1 is 0.958 bits per heavy atom. The average molecular weight is 365 g/mol. The smallest absolute Gasteiger partial charge is 0.323 e. The van der Waals surface area contributed by atoms with E-state index in [0.29, 0.717) is 31.0 Å². The summed E-state index contributed by atoms with van der Waals surface area (Å²) in [5, 5.41) is 0.436. The van der Waals surface area contributed by atoms with Gasteiger partial charge in [-0.1, -0.05) is 35.9 Å². The summed E-state index contributed by atoms with van der Waals surface area (Å²) >= 11 is 5.76. The van der Waals surface area contributed by atoms with E-state index >= 15 is 0 Å². The van der Waals surface area contributed by atoms with E-state index in [1.54, 1.807) is 0 Å². The molecule has 0 atom stereocenters. The van der Waals surface area contributed by atoms with Crippen molar-refractivity contribution in [2.75, 3.05) is 13.1 Å². The molecule has 1 N–H and O–H groups in total. The molecule has 0 fully saturated rings. The average Bonchev–Trinajstić information content (AvgIpc) is 2.77. The summed E-state index contributed by atoms with van der Waals surface area (Å²) in [7, 11) is -3.90. The molecule has 1 aliphatic rings. The van der Waals surface area contributed by atoms with Crippen LogP contribution >= 0.6 is 11.6 Å². The SMILES string of the molecule is O=C(NS(=O)(=O)c1ccc(Cl)cc1)N1CCc2ccccc2CC1. The van der Waals surface area contributed by atoms with Gasteiger partial charge in [0.25, 0.3) is 10.0 Å². The number of sulfonamides is 1. The lowest BCUT2D eigenvalue weighted by Crippen LogP contribution is -2.43. The molecule has 2 aromatic rings. The van der Waals surface area contributed by atoms with Gasteiger partial charge in [0.15, 0.2) is 0 Å². The van der Waals surface area contributed by atoms with Crippen LogP contribution in [0.25, 0.3) is 0 Å². The molecule has 0 radical (unpaired) electrons. The molecule has 0 aromatic heterocycles. The van der Waals surface area contributed by atoms with Crippen molar-refractivity contribution in [3.05, 3.63) is 64.7 Å². The van der Waals surface area contributed by atoms with Gasteiger partial charge in [-0.15, -0.1) is 0 Å². The van der Waals surface area contributed by atoms with Crippen molar-refractivity contribution >= 4 is 27.7 Å². The van der Waals surface area contributed by atoms with Crippen LogP contribution in [-0.2, 0) is 22.9 Å². The van der Waals surface area contributed by atoms with Crippen molar-refractivity contribution in [3.63, 3.8) is 0 Å². The number of rotatable bonds is 2. The molecule has 0 unspecified atom stereocenters. The maximum absolute atomic E-state index is 12.4. The van der Waals surface area contributed by atoms with E-state index in [-0.39, 0.29) is 4.90 Å². The van der Waals surface area contributed by atoms with Crippen LogP contribution in [-0.4, -0.2) is 32.4 Å². The summed E-state index contributed by atoms with van der Waals surface area (Å²) in [5.74, 6) is 0. The summed E-state index contributed by atoms with van der Waals surface area (Å²) in [6, 6.07) is 13.1. The highest BCUT2D eigenvalue weighted by Gasteiger charge is 2.23. The van der Waals surface area contributed by atoms with E-state index < -0.39 is 16.1 Å². The van der Waals surface area contributed by atoms with Crippen LogP contribution in [0.3, 0.4) is 0 Å². The van der Waals surface area contributed by atoms with Crippen molar-refractivity contribution in [3.8, 4) is 0 Å². The van der Waals surface area contributed by atoms with Crippen molar-refractivity contribution in [2.24, 2.45) is 0 Å². The second-order valence-corrected chi connectivity index (χ2v) is 7.74. The van der Waals surface area contributed by atoms with E-state index in [0.717, 1.165) is 0 Å². The maximum atomic E-state index is 12.4. The van der Waals surface area contributed by atoms with E-state index in [1.165, 1.54) is 40.3 Å². The number of carbonyl (C=O) groups excluding carboxylic acids is 1. The van der Waals surface area contributed by atoms with Gasteiger partial charge in [0.05, 0.1) is 4.90 Å². The lowest BCUT2D eigenvalue weighted by atomic mass is 10.0. The van der Waals surface area contributed by atoms with Gasteiger partial charge < -0.3 is 4.90 Å². The molecule has 2 aromatic carbocycles. The second-order valence-electron chi connectivity index (χ2n) is 5.62. The number of hydrogen-bond acceptors (Lipinski definition) is 3. The third-order valence-electron chi connectivity index (χ3n) is 4.05. The minimum Gasteiger partial charge on any atom is -0.323 e. The maximum Gasteiger partial charge on any atom is 0.331 e. The zero-order valence-corrected chi connectivity index (χ0v) is 14.5. The number of fused-ring (bicyclic) bond motifs is 1. The lowest BCUT2D eigenvalue weighted by molar-refractivity contribution is 0.206. The Hall–Kier alpha value is -2.05. The summed E-state index contributed by atoms with van der Waals surface area (Å²) in [6.45, 7) is 0.970. The Labute approximate surface area is 146 Å². The van der Waals surface area contributed by atoms with Gasteiger partial charge >= 0.3 is 6.03 Å². The van der Waals surface area contributed by atoms with Crippen LogP contribution in [0.1, 0.15) is 11.1 Å². The first-order valence-electron chi connectivity index (χ1n) is 7.60. The topological polar surface area (TPSA) is 66.5 Å². The zero-order valence-electron chi connectivity index (χ0n) is 12.9. The van der Waals surface area contributed by atoms with Crippen LogP contribution in [0.5, 0.6) is 0 Å². The van der Waals surface area contributed by atoms with E-state index in [9.17, 15) is 13.2 Å². The number of nitrogens with zero attached hydrogens (tertiary/aromatic N) is 1. The van der Waals surface area contributed by atoms with E-state index in [4.69, 9.17) is 11.6 Å². The van der Waals surface area contributed by atoms with Crippen molar-refractivity contribution in [1.82, 2.24) is 9.62 Å². The van der Waals surface area contributed by atoms with Gasteiger partial charge in [0.2, 0.25) is 0 Å². The molecule has 0 saturated heterocycles. The number of amides is 2. The second kappa shape index (κ2) is 6.83. The minimum absolute atomic E-state index is 0.0124. The molecule has 0 spiro atoms. The normalized spacial score (nSPS) is 14.6. The summed E-state index contributed by atoms with van der Waals surface area (Å²) in [6.07, 6.45) is 1.43. The largest absolute Gasteiger partial charge is 0.331 e. The Morgan fingerprint density at radius 3 is 2.04 bits per heavy atom. The fourth-order valence-corrected chi connectivity index (χ4v) is 3.82. The number of carbonyl (C=O) groups is 1. The summed E-state index contributed by atoms with van der Waals surface area (Å²) in [5.41, 5.74) is 2.40. The minimum atomic E-state index is -3.90. The van der Waals surface area contributed by atoms with Crippen molar-refractivity contribution < 1.29 is 13.2 Å². The molecule has 0 saturated carbocycles. The van der Waals surface area contributed by atoms with Crippen LogP contribution in [0, 0.1) is 0 Å². The molecule has 1 heterocycles. The fourth-order valence-electron chi connectivity index (χ4n) is 2.72. The number of nitrogens with one attached hydrogen (secondary N) is 1. The third kappa shape index (κ3) is 3.71. The zero-order chi connectivity index (χ0) is 17.2. The fraction of sp³-hybridized carbons (Fsp3) is 0.235. The van der Waals surface area contributed by atoms with Gasteiger partial charge in [-0.25, -0.2) is 17.9 Å². The number of hydrogen-bond donors (Lipinski definition) is 1. The molecule has 7 heteroatoms. The standard InChI is InChI=1S/C17H17ClN2O3S/c18-15-5-7-16(8-6-15)24(22,23)19-17(21)20-11-9-13-3-1-2-4-14(13)10-12-20/h1-8H,9-12H2,(H,19,21). The van der Waals surface area contributed by atoms with Gasteiger partial charge in [-0.2, -0.15) is 0 Å². The highest BCUT2D eigenvalue weighted by molar-refractivity contribution is 7.90. The molecule has 5 nitrogen and oxygen atoms in total.